The van der Waals surface area contributed by atoms with Gasteiger partial charge in [-0.1, -0.05) is 11.3 Å². The first-order chi connectivity index (χ1) is 12.6. The molecule has 2 atom stereocenters. The first-order valence-electron chi connectivity index (χ1n) is 8.55. The number of nitrogens with zero attached hydrogens (tertiary/aromatic N) is 4. The number of benzene rings is 1. The van der Waals surface area contributed by atoms with Gasteiger partial charge in [0, 0.05) is 30.7 Å². The molecule has 1 aliphatic rings. The number of pyridine rings is 1. The molecule has 1 aliphatic heterocycles. The van der Waals surface area contributed by atoms with Crippen molar-refractivity contribution in [1.29, 1.82) is 0 Å². The van der Waals surface area contributed by atoms with E-state index in [1.807, 2.05) is 30.3 Å². The van der Waals surface area contributed by atoms with Crippen LogP contribution in [0, 0.1) is 6.92 Å². The summed E-state index contributed by atoms with van der Waals surface area (Å²) in [5.41, 5.74) is 2.57. The van der Waals surface area contributed by atoms with Crippen LogP contribution in [-0.4, -0.2) is 51.2 Å². The summed E-state index contributed by atoms with van der Waals surface area (Å²) in [6, 6.07) is 9.50. The fourth-order valence-corrected chi connectivity index (χ4v) is 3.26. The predicted octanol–water partition coefficient (Wildman–Crippen LogP) is 1.55. The molecule has 0 saturated carbocycles. The van der Waals surface area contributed by atoms with E-state index in [2.05, 4.69) is 25.9 Å². The van der Waals surface area contributed by atoms with Crippen molar-refractivity contribution in [2.45, 2.75) is 25.6 Å². The van der Waals surface area contributed by atoms with Gasteiger partial charge >= 0.3 is 0 Å². The van der Waals surface area contributed by atoms with Gasteiger partial charge in [-0.25, -0.2) is 9.07 Å². The minimum Gasteiger partial charge on any atom is -0.349 e. The van der Waals surface area contributed by atoms with Gasteiger partial charge in [-0.15, -0.1) is 5.10 Å². The third-order valence-electron chi connectivity index (χ3n) is 4.64. The third kappa shape index (κ3) is 3.03. The van der Waals surface area contributed by atoms with Gasteiger partial charge in [0.2, 0.25) is 0 Å². The Morgan fingerprint density at radius 3 is 3.08 bits per heavy atom. The number of hydrogen-bond acceptors (Lipinski definition) is 5. The number of rotatable bonds is 4. The maximum absolute atomic E-state index is 13.2. The Morgan fingerprint density at radius 2 is 2.27 bits per heavy atom. The number of hydrogen-bond donors (Lipinski definition) is 2. The van der Waals surface area contributed by atoms with Crippen LogP contribution in [0.5, 0.6) is 0 Å². The molecule has 7 nitrogen and oxygen atoms in total. The number of fused-ring (bicyclic) bond motifs is 1. The summed E-state index contributed by atoms with van der Waals surface area (Å²) >= 11 is 0. The normalized spacial score (nSPS) is 19.8. The topological polar surface area (TPSA) is 84.7 Å². The van der Waals surface area contributed by atoms with E-state index in [9.17, 15) is 9.18 Å². The number of amides is 1. The maximum Gasteiger partial charge on any atom is 0.273 e. The van der Waals surface area contributed by atoms with Crippen molar-refractivity contribution >= 4 is 16.8 Å². The minimum absolute atomic E-state index is 0.0477. The van der Waals surface area contributed by atoms with Gasteiger partial charge in [-0.2, -0.15) is 0 Å². The van der Waals surface area contributed by atoms with Gasteiger partial charge in [0.15, 0.2) is 5.69 Å². The zero-order chi connectivity index (χ0) is 18.1. The van der Waals surface area contributed by atoms with E-state index in [0.717, 1.165) is 16.6 Å². The van der Waals surface area contributed by atoms with Crippen LogP contribution in [0.4, 0.5) is 4.39 Å². The lowest BCUT2D eigenvalue weighted by Crippen LogP contribution is -2.37. The Balaban J connectivity index is 1.57. The monoisotopic (exact) mass is 354 g/mol. The summed E-state index contributed by atoms with van der Waals surface area (Å²) < 4.78 is 14.8. The number of aromatic nitrogens is 4. The molecule has 2 aromatic heterocycles. The SMILES string of the molecule is Cc1c(C(=O)NC[C@@H]2C[C@H](F)CN2)nnn1-c1cccc2ncccc12. The zero-order valence-electron chi connectivity index (χ0n) is 14.3. The molecule has 0 spiro atoms. The Kier molecular flexibility index (Phi) is 4.34. The Hall–Kier alpha value is -2.87. The summed E-state index contributed by atoms with van der Waals surface area (Å²) in [6.45, 7) is 2.50. The predicted molar refractivity (Wildman–Crippen MR) is 95.0 cm³/mol. The lowest BCUT2D eigenvalue weighted by atomic mass is 10.1. The van der Waals surface area contributed by atoms with Crippen LogP contribution in [0.3, 0.4) is 0 Å². The van der Waals surface area contributed by atoms with Crippen molar-refractivity contribution in [2.24, 2.45) is 0 Å². The van der Waals surface area contributed by atoms with Crippen LogP contribution in [-0.2, 0) is 0 Å². The van der Waals surface area contributed by atoms with Gasteiger partial charge in [0.1, 0.15) is 6.17 Å². The van der Waals surface area contributed by atoms with Crippen LogP contribution in [0.25, 0.3) is 16.6 Å². The molecule has 0 bridgehead atoms. The number of halogens is 1. The van der Waals surface area contributed by atoms with E-state index in [-0.39, 0.29) is 17.6 Å². The molecule has 1 amide bonds. The molecule has 1 aromatic carbocycles. The zero-order valence-corrected chi connectivity index (χ0v) is 14.3. The summed E-state index contributed by atoms with van der Waals surface area (Å²) in [4.78, 5) is 16.8. The third-order valence-corrected chi connectivity index (χ3v) is 4.64. The van der Waals surface area contributed by atoms with Crippen molar-refractivity contribution in [1.82, 2.24) is 30.6 Å². The molecule has 8 heteroatoms. The number of alkyl halides is 1. The van der Waals surface area contributed by atoms with Gasteiger partial charge in [-0.3, -0.25) is 9.78 Å². The Bertz CT molecular complexity index is 951. The van der Waals surface area contributed by atoms with Crippen LogP contribution in [0.2, 0.25) is 0 Å². The second-order valence-corrected chi connectivity index (χ2v) is 6.43. The highest BCUT2D eigenvalue weighted by atomic mass is 19.1. The van der Waals surface area contributed by atoms with Crippen molar-refractivity contribution in [3.05, 3.63) is 47.9 Å². The smallest absolute Gasteiger partial charge is 0.273 e. The molecule has 26 heavy (non-hydrogen) atoms. The van der Waals surface area contributed by atoms with Crippen molar-refractivity contribution in [3.63, 3.8) is 0 Å². The van der Waals surface area contributed by atoms with Crippen molar-refractivity contribution < 1.29 is 9.18 Å². The number of nitrogens with one attached hydrogen (secondary N) is 2. The van der Waals surface area contributed by atoms with Crippen LogP contribution >= 0.6 is 0 Å². The Morgan fingerprint density at radius 1 is 1.38 bits per heavy atom. The number of carbonyl (C=O) groups excluding carboxylic acids is 1. The first-order valence-corrected chi connectivity index (χ1v) is 8.55. The fourth-order valence-electron chi connectivity index (χ4n) is 3.26. The molecule has 2 N–H and O–H groups in total. The lowest BCUT2D eigenvalue weighted by molar-refractivity contribution is 0.0944. The first kappa shape index (κ1) is 16.6. The quantitative estimate of drug-likeness (QED) is 0.743. The highest BCUT2D eigenvalue weighted by Crippen LogP contribution is 2.21. The van der Waals surface area contributed by atoms with E-state index >= 15 is 0 Å². The van der Waals surface area contributed by atoms with Crippen LogP contribution < -0.4 is 10.6 Å². The van der Waals surface area contributed by atoms with E-state index in [1.54, 1.807) is 17.8 Å². The van der Waals surface area contributed by atoms with Crippen LogP contribution in [0.15, 0.2) is 36.5 Å². The highest BCUT2D eigenvalue weighted by molar-refractivity contribution is 5.94. The number of carbonyl (C=O) groups is 1. The summed E-state index contributed by atoms with van der Waals surface area (Å²) in [7, 11) is 0. The largest absolute Gasteiger partial charge is 0.349 e. The second-order valence-electron chi connectivity index (χ2n) is 6.43. The molecule has 0 radical (unpaired) electrons. The molecule has 3 heterocycles. The maximum atomic E-state index is 13.2. The summed E-state index contributed by atoms with van der Waals surface area (Å²) in [5.74, 6) is -0.309. The lowest BCUT2D eigenvalue weighted by Gasteiger charge is -2.11. The Labute approximate surface area is 149 Å². The molecular formula is C18H19FN6O. The standard InChI is InChI=1S/C18H19FN6O/c1-11-17(18(26)22-10-13-8-12(19)9-21-13)23-24-25(11)16-6-2-5-15-14(16)4-3-7-20-15/h2-7,12-13,21H,8-10H2,1H3,(H,22,26)/t12-,13-/m0/s1. The van der Waals surface area contributed by atoms with Crippen molar-refractivity contribution in [2.75, 3.05) is 13.1 Å². The molecule has 1 saturated heterocycles. The molecule has 0 unspecified atom stereocenters. The molecular weight excluding hydrogens is 335 g/mol. The molecule has 134 valence electrons. The van der Waals surface area contributed by atoms with Gasteiger partial charge in [0.25, 0.3) is 5.91 Å². The second kappa shape index (κ2) is 6.80. The average molecular weight is 354 g/mol. The van der Waals surface area contributed by atoms with E-state index < -0.39 is 6.17 Å². The van der Waals surface area contributed by atoms with E-state index in [4.69, 9.17) is 0 Å². The van der Waals surface area contributed by atoms with E-state index in [0.29, 0.717) is 25.2 Å². The minimum atomic E-state index is -0.848. The summed E-state index contributed by atoms with van der Waals surface area (Å²) in [5, 5.41) is 15.0. The average Bonchev–Trinajstić information content (AvgIpc) is 3.25. The van der Waals surface area contributed by atoms with Gasteiger partial charge in [0.05, 0.1) is 16.9 Å². The summed E-state index contributed by atoms with van der Waals surface area (Å²) in [6.07, 6.45) is 1.30. The molecule has 0 aliphatic carbocycles. The molecule has 1 fully saturated rings. The fraction of sp³-hybridized carbons (Fsp3) is 0.333. The van der Waals surface area contributed by atoms with Gasteiger partial charge < -0.3 is 10.6 Å². The highest BCUT2D eigenvalue weighted by Gasteiger charge is 2.25. The molecule has 4 rings (SSSR count). The van der Waals surface area contributed by atoms with E-state index in [1.165, 1.54) is 0 Å². The molecule has 3 aromatic rings. The van der Waals surface area contributed by atoms with Crippen molar-refractivity contribution in [3.8, 4) is 5.69 Å². The van der Waals surface area contributed by atoms with Gasteiger partial charge in [-0.05, 0) is 37.6 Å². The van der Waals surface area contributed by atoms with Crippen LogP contribution in [0.1, 0.15) is 22.6 Å².